The monoisotopic (exact) mass is 291 g/mol. The first-order valence-electron chi connectivity index (χ1n) is 5.43. The predicted molar refractivity (Wildman–Crippen MR) is 63.1 cm³/mol. The Labute approximate surface area is 112 Å². The van der Waals surface area contributed by atoms with Gasteiger partial charge in [0, 0.05) is 6.07 Å². The predicted octanol–water partition coefficient (Wildman–Crippen LogP) is 3.15. The standard InChI is InChI=1S/C12H12F3NO4/c1-12(2,3)20-11(19)16-9-7(10(17)18)5(13)4-6(14)8(9)15/h4H,1-3H3,(H,16,19)(H,17,18). The van der Waals surface area contributed by atoms with E-state index in [-0.39, 0.29) is 6.07 Å². The van der Waals surface area contributed by atoms with Crippen molar-refractivity contribution in [1.29, 1.82) is 0 Å². The van der Waals surface area contributed by atoms with Crippen molar-refractivity contribution >= 4 is 17.7 Å². The third-order valence-corrected chi connectivity index (χ3v) is 2.01. The molecule has 1 aromatic rings. The van der Waals surface area contributed by atoms with E-state index in [4.69, 9.17) is 9.84 Å². The van der Waals surface area contributed by atoms with Crippen LogP contribution in [0.3, 0.4) is 0 Å². The van der Waals surface area contributed by atoms with Crippen molar-refractivity contribution in [2.45, 2.75) is 26.4 Å². The van der Waals surface area contributed by atoms with Gasteiger partial charge < -0.3 is 9.84 Å². The third kappa shape index (κ3) is 3.62. The molecule has 0 fully saturated rings. The first-order chi connectivity index (χ1) is 9.03. The highest BCUT2D eigenvalue weighted by atomic mass is 19.2. The van der Waals surface area contributed by atoms with Gasteiger partial charge in [-0.25, -0.2) is 22.8 Å². The number of aromatic carboxylic acids is 1. The average molecular weight is 291 g/mol. The minimum absolute atomic E-state index is 0.0824. The summed E-state index contributed by atoms with van der Waals surface area (Å²) in [6, 6.07) is 0.0824. The van der Waals surface area contributed by atoms with Crippen LogP contribution in [-0.2, 0) is 4.74 Å². The number of carboxylic acid groups (broad SMARTS) is 1. The van der Waals surface area contributed by atoms with E-state index in [1.807, 2.05) is 0 Å². The Kier molecular flexibility index (Phi) is 4.26. The molecule has 0 aromatic heterocycles. The molecule has 0 aliphatic carbocycles. The summed E-state index contributed by atoms with van der Waals surface area (Å²) < 4.78 is 44.7. The van der Waals surface area contributed by atoms with Crippen molar-refractivity contribution in [3.8, 4) is 0 Å². The number of nitrogens with one attached hydrogen (secondary N) is 1. The van der Waals surface area contributed by atoms with E-state index in [9.17, 15) is 22.8 Å². The molecule has 0 heterocycles. The van der Waals surface area contributed by atoms with Crippen LogP contribution in [0.1, 0.15) is 31.1 Å². The van der Waals surface area contributed by atoms with Crippen LogP contribution in [0, 0.1) is 17.5 Å². The van der Waals surface area contributed by atoms with Gasteiger partial charge >= 0.3 is 12.1 Å². The average Bonchev–Trinajstić information content (AvgIpc) is 2.22. The van der Waals surface area contributed by atoms with Crippen molar-refractivity contribution < 1.29 is 32.6 Å². The fraction of sp³-hybridized carbons (Fsp3) is 0.333. The van der Waals surface area contributed by atoms with Gasteiger partial charge in [-0.2, -0.15) is 0 Å². The molecule has 0 unspecified atom stereocenters. The second-order valence-electron chi connectivity index (χ2n) is 4.84. The van der Waals surface area contributed by atoms with Crippen molar-refractivity contribution in [1.82, 2.24) is 0 Å². The van der Waals surface area contributed by atoms with Crippen LogP contribution >= 0.6 is 0 Å². The van der Waals surface area contributed by atoms with Crippen molar-refractivity contribution in [3.05, 3.63) is 29.1 Å². The number of rotatable bonds is 2. The van der Waals surface area contributed by atoms with Crippen LogP contribution in [0.25, 0.3) is 0 Å². The van der Waals surface area contributed by atoms with Crippen molar-refractivity contribution in [3.63, 3.8) is 0 Å². The van der Waals surface area contributed by atoms with Crippen molar-refractivity contribution in [2.24, 2.45) is 0 Å². The van der Waals surface area contributed by atoms with E-state index in [1.165, 1.54) is 20.8 Å². The number of anilines is 1. The van der Waals surface area contributed by atoms with E-state index in [2.05, 4.69) is 0 Å². The topological polar surface area (TPSA) is 75.6 Å². The van der Waals surface area contributed by atoms with Crippen LogP contribution in [0.5, 0.6) is 0 Å². The SMILES string of the molecule is CC(C)(C)OC(=O)Nc1c(F)c(F)cc(F)c1C(=O)O. The molecule has 110 valence electrons. The summed E-state index contributed by atoms with van der Waals surface area (Å²) in [5.41, 5.74) is -3.26. The maximum atomic E-state index is 13.5. The third-order valence-electron chi connectivity index (χ3n) is 2.01. The van der Waals surface area contributed by atoms with Gasteiger partial charge in [-0.1, -0.05) is 0 Å². The first kappa shape index (κ1) is 15.8. The number of carbonyl (C=O) groups excluding carboxylic acids is 1. The molecule has 0 saturated heterocycles. The fourth-order valence-corrected chi connectivity index (χ4v) is 1.33. The van der Waals surface area contributed by atoms with E-state index in [0.717, 1.165) is 0 Å². The number of hydrogen-bond acceptors (Lipinski definition) is 3. The molecule has 1 amide bonds. The minimum atomic E-state index is -1.85. The summed E-state index contributed by atoms with van der Waals surface area (Å²) in [6.07, 6.45) is -1.23. The highest BCUT2D eigenvalue weighted by Gasteiger charge is 2.26. The number of carbonyl (C=O) groups is 2. The zero-order valence-electron chi connectivity index (χ0n) is 10.9. The summed E-state index contributed by atoms with van der Waals surface area (Å²) in [6.45, 7) is 4.52. The fourth-order valence-electron chi connectivity index (χ4n) is 1.33. The zero-order chi connectivity index (χ0) is 15.7. The van der Waals surface area contributed by atoms with Crippen LogP contribution in [0.4, 0.5) is 23.7 Å². The lowest BCUT2D eigenvalue weighted by Crippen LogP contribution is -2.28. The summed E-state index contributed by atoms with van der Waals surface area (Å²) >= 11 is 0. The summed E-state index contributed by atoms with van der Waals surface area (Å²) in [5.74, 6) is -6.68. The number of hydrogen-bond donors (Lipinski definition) is 2. The number of carboxylic acids is 1. The molecule has 0 spiro atoms. The van der Waals surface area contributed by atoms with Gasteiger partial charge in [-0.3, -0.25) is 5.32 Å². The Hall–Kier alpha value is -2.25. The Morgan fingerprint density at radius 3 is 2.20 bits per heavy atom. The Balaban J connectivity index is 3.23. The molecule has 0 aliphatic rings. The highest BCUT2D eigenvalue weighted by molar-refractivity contribution is 5.99. The lowest BCUT2D eigenvalue weighted by atomic mass is 10.1. The molecule has 0 aliphatic heterocycles. The van der Waals surface area contributed by atoms with Gasteiger partial charge in [0.2, 0.25) is 0 Å². The molecule has 1 aromatic carbocycles. The molecule has 0 saturated carbocycles. The van der Waals surface area contributed by atoms with Gasteiger partial charge in [-0.05, 0) is 20.8 Å². The smallest absolute Gasteiger partial charge is 0.412 e. The first-order valence-corrected chi connectivity index (χ1v) is 5.43. The van der Waals surface area contributed by atoms with E-state index < -0.39 is 46.4 Å². The normalized spacial score (nSPS) is 11.1. The lowest BCUT2D eigenvalue weighted by molar-refractivity contribution is 0.0635. The van der Waals surface area contributed by atoms with Crippen molar-refractivity contribution in [2.75, 3.05) is 5.32 Å². The second-order valence-corrected chi connectivity index (χ2v) is 4.84. The summed E-state index contributed by atoms with van der Waals surface area (Å²) in [7, 11) is 0. The van der Waals surface area contributed by atoms with Gasteiger partial charge in [0.15, 0.2) is 11.6 Å². The largest absolute Gasteiger partial charge is 0.478 e. The molecule has 5 nitrogen and oxygen atoms in total. The van der Waals surface area contributed by atoms with Crippen LogP contribution in [0.2, 0.25) is 0 Å². The molecular weight excluding hydrogens is 279 g/mol. The lowest BCUT2D eigenvalue weighted by Gasteiger charge is -2.20. The molecule has 8 heteroatoms. The maximum absolute atomic E-state index is 13.5. The summed E-state index contributed by atoms with van der Waals surface area (Å²) in [5, 5.41) is 10.5. The molecular formula is C12H12F3NO4. The van der Waals surface area contributed by atoms with Gasteiger partial charge in [0.1, 0.15) is 22.7 Å². The zero-order valence-corrected chi connectivity index (χ0v) is 10.9. The molecule has 0 bridgehead atoms. The van der Waals surface area contributed by atoms with Gasteiger partial charge in [0.25, 0.3) is 0 Å². The molecule has 1 rings (SSSR count). The number of benzene rings is 1. The van der Waals surface area contributed by atoms with Gasteiger partial charge in [-0.15, -0.1) is 0 Å². The molecule has 2 N–H and O–H groups in total. The van der Waals surface area contributed by atoms with Crippen LogP contribution < -0.4 is 5.32 Å². The van der Waals surface area contributed by atoms with Crippen LogP contribution in [0.15, 0.2) is 6.07 Å². The number of amides is 1. The Morgan fingerprint density at radius 2 is 1.75 bits per heavy atom. The van der Waals surface area contributed by atoms with Gasteiger partial charge in [0.05, 0.1) is 0 Å². The number of halogens is 3. The number of ether oxygens (including phenoxy) is 1. The Bertz CT molecular complexity index is 567. The van der Waals surface area contributed by atoms with E-state index in [1.54, 1.807) is 5.32 Å². The second kappa shape index (κ2) is 5.40. The molecule has 0 radical (unpaired) electrons. The quantitative estimate of drug-likeness (QED) is 0.821. The summed E-state index contributed by atoms with van der Waals surface area (Å²) in [4.78, 5) is 22.3. The van der Waals surface area contributed by atoms with E-state index in [0.29, 0.717) is 0 Å². The van der Waals surface area contributed by atoms with Crippen LogP contribution in [-0.4, -0.2) is 22.8 Å². The highest BCUT2D eigenvalue weighted by Crippen LogP contribution is 2.26. The Morgan fingerprint density at radius 1 is 1.20 bits per heavy atom. The minimum Gasteiger partial charge on any atom is -0.478 e. The molecule has 20 heavy (non-hydrogen) atoms. The van der Waals surface area contributed by atoms with E-state index >= 15 is 0 Å². The maximum Gasteiger partial charge on any atom is 0.412 e. The molecule has 0 atom stereocenters.